The van der Waals surface area contributed by atoms with Crippen molar-refractivity contribution in [2.45, 2.75) is 40.5 Å². The van der Waals surface area contributed by atoms with Gasteiger partial charge >= 0.3 is 0 Å². The number of rotatable bonds is 4. The highest BCUT2D eigenvalue weighted by molar-refractivity contribution is 5.11. The maximum absolute atomic E-state index is 2.26. The van der Waals surface area contributed by atoms with Crippen molar-refractivity contribution in [3.63, 3.8) is 0 Å². The van der Waals surface area contributed by atoms with Crippen molar-refractivity contribution in [3.8, 4) is 0 Å². The number of hydrogen-bond donors (Lipinski definition) is 0. The SMILES string of the molecule is CC=CC=C(CC)CC(C)C. The Morgan fingerprint density at radius 1 is 1.36 bits per heavy atom. The summed E-state index contributed by atoms with van der Waals surface area (Å²) in [5.74, 6) is 0.784. The Kier molecular flexibility index (Phi) is 5.91. The van der Waals surface area contributed by atoms with E-state index in [0.717, 1.165) is 5.92 Å². The average Bonchev–Trinajstić information content (AvgIpc) is 1.97. The first-order chi connectivity index (χ1) is 5.20. The summed E-state index contributed by atoms with van der Waals surface area (Å²) in [5.41, 5.74) is 1.55. The molecule has 0 aliphatic rings. The summed E-state index contributed by atoms with van der Waals surface area (Å²) >= 11 is 0. The molecule has 0 aliphatic carbocycles. The lowest BCUT2D eigenvalue weighted by Crippen LogP contribution is -1.89. The van der Waals surface area contributed by atoms with Gasteiger partial charge in [-0.3, -0.25) is 0 Å². The first-order valence-electron chi connectivity index (χ1n) is 4.51. The fraction of sp³-hybridized carbons (Fsp3) is 0.636. The van der Waals surface area contributed by atoms with Crippen LogP contribution in [0.4, 0.5) is 0 Å². The van der Waals surface area contributed by atoms with E-state index in [4.69, 9.17) is 0 Å². The second-order valence-corrected chi connectivity index (χ2v) is 3.30. The fourth-order valence-electron chi connectivity index (χ4n) is 1.09. The van der Waals surface area contributed by atoms with E-state index in [1.807, 2.05) is 0 Å². The highest BCUT2D eigenvalue weighted by Gasteiger charge is 1.96. The lowest BCUT2D eigenvalue weighted by Gasteiger charge is -2.05. The van der Waals surface area contributed by atoms with Gasteiger partial charge in [0.25, 0.3) is 0 Å². The van der Waals surface area contributed by atoms with E-state index in [2.05, 4.69) is 45.9 Å². The lowest BCUT2D eigenvalue weighted by molar-refractivity contribution is 0.630. The van der Waals surface area contributed by atoms with Crippen molar-refractivity contribution in [1.82, 2.24) is 0 Å². The monoisotopic (exact) mass is 152 g/mol. The van der Waals surface area contributed by atoms with E-state index in [0.29, 0.717) is 0 Å². The van der Waals surface area contributed by atoms with Gasteiger partial charge in [-0.2, -0.15) is 0 Å². The standard InChI is InChI=1S/C11H20/c1-5-7-8-11(6-2)9-10(3)4/h5,7-8,10H,6,9H2,1-4H3. The second kappa shape index (κ2) is 6.21. The van der Waals surface area contributed by atoms with Gasteiger partial charge in [0.15, 0.2) is 0 Å². The van der Waals surface area contributed by atoms with Crippen LogP contribution < -0.4 is 0 Å². The predicted molar refractivity (Wildman–Crippen MR) is 52.6 cm³/mol. The molecule has 0 rings (SSSR count). The van der Waals surface area contributed by atoms with E-state index in [9.17, 15) is 0 Å². The molecule has 0 atom stereocenters. The molecule has 0 N–H and O–H groups in total. The van der Waals surface area contributed by atoms with Gasteiger partial charge in [0.1, 0.15) is 0 Å². The molecule has 11 heavy (non-hydrogen) atoms. The predicted octanol–water partition coefficient (Wildman–Crippen LogP) is 3.95. The van der Waals surface area contributed by atoms with Gasteiger partial charge in [0, 0.05) is 0 Å². The molecule has 0 aromatic carbocycles. The summed E-state index contributed by atoms with van der Waals surface area (Å²) in [6.07, 6.45) is 8.86. The molecule has 0 aromatic heterocycles. The highest BCUT2D eigenvalue weighted by atomic mass is 14.0. The molecule has 0 aliphatic heterocycles. The van der Waals surface area contributed by atoms with Gasteiger partial charge in [-0.05, 0) is 25.7 Å². The fourth-order valence-corrected chi connectivity index (χ4v) is 1.09. The third kappa shape index (κ3) is 5.90. The maximum atomic E-state index is 2.26. The smallest absolute Gasteiger partial charge is 0.0294 e. The van der Waals surface area contributed by atoms with Crippen LogP contribution in [0.3, 0.4) is 0 Å². The summed E-state index contributed by atoms with van der Waals surface area (Å²) in [7, 11) is 0. The third-order valence-corrected chi connectivity index (χ3v) is 1.65. The molecule has 0 radical (unpaired) electrons. The molecule has 0 nitrogen and oxygen atoms in total. The Bertz CT molecular complexity index is 138. The second-order valence-electron chi connectivity index (χ2n) is 3.30. The Balaban J connectivity index is 3.94. The summed E-state index contributed by atoms with van der Waals surface area (Å²) in [5, 5.41) is 0. The van der Waals surface area contributed by atoms with E-state index in [-0.39, 0.29) is 0 Å². The summed E-state index contributed by atoms with van der Waals surface area (Å²) in [6, 6.07) is 0. The van der Waals surface area contributed by atoms with Crippen LogP contribution in [0, 0.1) is 5.92 Å². The van der Waals surface area contributed by atoms with Crippen LogP contribution in [0.15, 0.2) is 23.8 Å². The topological polar surface area (TPSA) is 0 Å². The molecule has 0 unspecified atom stereocenters. The van der Waals surface area contributed by atoms with E-state index < -0.39 is 0 Å². The van der Waals surface area contributed by atoms with Crippen LogP contribution in [0.5, 0.6) is 0 Å². The Hall–Kier alpha value is -0.520. The quantitative estimate of drug-likeness (QED) is 0.535. The lowest BCUT2D eigenvalue weighted by atomic mass is 10.0. The molecule has 0 spiro atoms. The van der Waals surface area contributed by atoms with Gasteiger partial charge in [0.05, 0.1) is 0 Å². The molecule has 0 aromatic rings. The zero-order chi connectivity index (χ0) is 8.69. The highest BCUT2D eigenvalue weighted by Crippen LogP contribution is 2.13. The van der Waals surface area contributed by atoms with Crippen LogP contribution in [0.1, 0.15) is 40.5 Å². The van der Waals surface area contributed by atoms with Crippen LogP contribution in [0.2, 0.25) is 0 Å². The molecular formula is C11H20. The number of allylic oxidation sites excluding steroid dienone is 4. The molecule has 0 saturated carbocycles. The Morgan fingerprint density at radius 2 is 2.00 bits per heavy atom. The van der Waals surface area contributed by atoms with Gasteiger partial charge in [-0.15, -0.1) is 0 Å². The Labute approximate surface area is 71.0 Å². The summed E-state index contributed by atoms with van der Waals surface area (Å²) in [4.78, 5) is 0. The van der Waals surface area contributed by atoms with Gasteiger partial charge in [-0.1, -0.05) is 44.6 Å². The van der Waals surface area contributed by atoms with Crippen molar-refractivity contribution >= 4 is 0 Å². The molecular weight excluding hydrogens is 132 g/mol. The minimum Gasteiger partial charge on any atom is -0.0877 e. The van der Waals surface area contributed by atoms with Crippen LogP contribution in [-0.2, 0) is 0 Å². The van der Waals surface area contributed by atoms with Crippen molar-refractivity contribution < 1.29 is 0 Å². The first kappa shape index (κ1) is 10.5. The minimum atomic E-state index is 0.784. The van der Waals surface area contributed by atoms with Crippen LogP contribution in [-0.4, -0.2) is 0 Å². The largest absolute Gasteiger partial charge is 0.0877 e. The molecule has 0 fully saturated rings. The number of hydrogen-bond acceptors (Lipinski definition) is 0. The summed E-state index contributed by atoms with van der Waals surface area (Å²) < 4.78 is 0. The van der Waals surface area contributed by atoms with Crippen molar-refractivity contribution in [3.05, 3.63) is 23.8 Å². The molecule has 0 amide bonds. The average molecular weight is 152 g/mol. The van der Waals surface area contributed by atoms with E-state index in [1.165, 1.54) is 12.8 Å². The molecule has 64 valence electrons. The van der Waals surface area contributed by atoms with Crippen molar-refractivity contribution in [1.29, 1.82) is 0 Å². The molecule has 0 saturated heterocycles. The molecule has 0 bridgehead atoms. The van der Waals surface area contributed by atoms with E-state index >= 15 is 0 Å². The Morgan fingerprint density at radius 3 is 2.36 bits per heavy atom. The van der Waals surface area contributed by atoms with E-state index in [1.54, 1.807) is 5.57 Å². The zero-order valence-corrected chi connectivity index (χ0v) is 8.22. The normalized spacial score (nSPS) is 13.4. The van der Waals surface area contributed by atoms with Crippen molar-refractivity contribution in [2.75, 3.05) is 0 Å². The maximum Gasteiger partial charge on any atom is -0.0294 e. The molecule has 0 heterocycles. The summed E-state index contributed by atoms with van der Waals surface area (Å²) in [6.45, 7) is 8.80. The van der Waals surface area contributed by atoms with Gasteiger partial charge in [0.2, 0.25) is 0 Å². The molecule has 0 heteroatoms. The van der Waals surface area contributed by atoms with Crippen LogP contribution in [0.25, 0.3) is 0 Å². The van der Waals surface area contributed by atoms with Crippen molar-refractivity contribution in [2.24, 2.45) is 5.92 Å². The third-order valence-electron chi connectivity index (χ3n) is 1.65. The minimum absolute atomic E-state index is 0.784. The van der Waals surface area contributed by atoms with Crippen LogP contribution >= 0.6 is 0 Å². The van der Waals surface area contributed by atoms with Gasteiger partial charge in [-0.25, -0.2) is 0 Å². The first-order valence-corrected chi connectivity index (χ1v) is 4.51. The zero-order valence-electron chi connectivity index (χ0n) is 8.22. The van der Waals surface area contributed by atoms with Gasteiger partial charge < -0.3 is 0 Å².